The zero-order valence-electron chi connectivity index (χ0n) is 16.3. The summed E-state index contributed by atoms with van der Waals surface area (Å²) in [5, 5.41) is 0.867. The van der Waals surface area contributed by atoms with Crippen molar-refractivity contribution in [1.29, 1.82) is 0 Å². The molecule has 1 aliphatic rings. The van der Waals surface area contributed by atoms with Gasteiger partial charge in [0, 0.05) is 19.0 Å². The number of likely N-dealkylation sites (tertiary alicyclic amines) is 1. The fraction of sp³-hybridized carbons (Fsp3) is 0.526. The molecule has 0 bridgehead atoms. The van der Waals surface area contributed by atoms with Gasteiger partial charge in [0.15, 0.2) is 6.29 Å². The van der Waals surface area contributed by atoms with E-state index in [-0.39, 0.29) is 17.7 Å². The summed E-state index contributed by atoms with van der Waals surface area (Å²) in [6, 6.07) is 5.19. The number of hydrogen-bond donors (Lipinski definition) is 0. The number of aldehydes is 1. The lowest BCUT2D eigenvalue weighted by Gasteiger charge is -2.28. The van der Waals surface area contributed by atoms with Gasteiger partial charge in [0.25, 0.3) is 11.8 Å². The average molecular weight is 398 g/mol. The minimum atomic E-state index is -3.07. The van der Waals surface area contributed by atoms with Gasteiger partial charge in [-0.05, 0) is 26.8 Å². The van der Waals surface area contributed by atoms with Crippen LogP contribution in [0.15, 0.2) is 24.3 Å². The molecule has 7 nitrogen and oxygen atoms in total. The Morgan fingerprint density at radius 2 is 1.96 bits per heavy atom. The first-order valence-electron chi connectivity index (χ1n) is 8.76. The fourth-order valence-electron chi connectivity index (χ4n) is 2.80. The van der Waals surface area contributed by atoms with E-state index in [0.717, 1.165) is 9.96 Å². The Balaban J connectivity index is 2.05. The molecule has 1 unspecified atom stereocenters. The first-order valence-corrected chi connectivity index (χ1v) is 8.76. The van der Waals surface area contributed by atoms with Gasteiger partial charge in [-0.1, -0.05) is 18.2 Å². The maximum absolute atomic E-state index is 13.9. The van der Waals surface area contributed by atoms with E-state index < -0.39 is 42.5 Å². The predicted molar refractivity (Wildman–Crippen MR) is 96.2 cm³/mol. The molecule has 0 spiro atoms. The summed E-state index contributed by atoms with van der Waals surface area (Å²) in [6.45, 7) is 3.83. The van der Waals surface area contributed by atoms with Gasteiger partial charge in [0.2, 0.25) is 0 Å². The molecule has 2 amide bonds. The number of nitrogens with zero attached hydrogens (tertiary/aromatic N) is 2. The summed E-state index contributed by atoms with van der Waals surface area (Å²) in [6.07, 6.45) is -0.916. The predicted octanol–water partition coefficient (Wildman–Crippen LogP) is 3.15. The van der Waals surface area contributed by atoms with Crippen LogP contribution in [0.3, 0.4) is 0 Å². The summed E-state index contributed by atoms with van der Waals surface area (Å²) >= 11 is 0. The van der Waals surface area contributed by atoms with Crippen LogP contribution in [-0.2, 0) is 9.57 Å². The van der Waals surface area contributed by atoms with Gasteiger partial charge in [-0.3, -0.25) is 19.3 Å². The topological polar surface area (TPSA) is 76.2 Å². The van der Waals surface area contributed by atoms with E-state index in [9.17, 15) is 23.2 Å². The highest BCUT2D eigenvalue weighted by atomic mass is 19.3. The maximum Gasteiger partial charge on any atom is 0.410 e. The molecule has 0 aliphatic carbocycles. The molecule has 154 valence electrons. The molecule has 28 heavy (non-hydrogen) atoms. The van der Waals surface area contributed by atoms with Crippen LogP contribution >= 0.6 is 0 Å². The molecule has 1 heterocycles. The Morgan fingerprint density at radius 3 is 2.57 bits per heavy atom. The van der Waals surface area contributed by atoms with Crippen molar-refractivity contribution in [2.24, 2.45) is 0 Å². The molecule has 1 fully saturated rings. The van der Waals surface area contributed by atoms with E-state index in [0.29, 0.717) is 6.29 Å². The van der Waals surface area contributed by atoms with Crippen LogP contribution in [0.4, 0.5) is 13.6 Å². The molecule has 1 aliphatic heterocycles. The van der Waals surface area contributed by atoms with Gasteiger partial charge in [-0.15, -0.1) is 0 Å². The van der Waals surface area contributed by atoms with E-state index in [1.807, 2.05) is 0 Å². The van der Waals surface area contributed by atoms with Crippen molar-refractivity contribution < 1.29 is 32.7 Å². The van der Waals surface area contributed by atoms with Crippen LogP contribution in [0.1, 0.15) is 47.9 Å². The Morgan fingerprint density at radius 1 is 1.32 bits per heavy atom. The molecule has 0 saturated carbocycles. The third kappa shape index (κ3) is 5.48. The molecule has 0 N–H and O–H groups in total. The SMILES string of the molecule is CN(OCC1CC(F)(F)CN1C(=O)OC(C)(C)C)C(=O)c1ccccc1C=O. The number of alkyl halides is 2. The molecular formula is C19H24F2N2O5. The molecule has 0 aromatic heterocycles. The van der Waals surface area contributed by atoms with Gasteiger partial charge >= 0.3 is 6.09 Å². The molecule has 1 saturated heterocycles. The van der Waals surface area contributed by atoms with Crippen molar-refractivity contribution in [3.63, 3.8) is 0 Å². The van der Waals surface area contributed by atoms with E-state index in [1.54, 1.807) is 32.9 Å². The Bertz CT molecular complexity index is 748. The molecule has 1 aromatic carbocycles. The first kappa shape index (κ1) is 21.7. The van der Waals surface area contributed by atoms with E-state index >= 15 is 0 Å². The lowest BCUT2D eigenvalue weighted by atomic mass is 10.1. The maximum atomic E-state index is 13.9. The third-order valence-electron chi connectivity index (χ3n) is 4.07. The van der Waals surface area contributed by atoms with Crippen molar-refractivity contribution in [1.82, 2.24) is 9.96 Å². The highest BCUT2D eigenvalue weighted by Crippen LogP contribution is 2.33. The second-order valence-electron chi connectivity index (χ2n) is 7.63. The molecule has 9 heteroatoms. The largest absolute Gasteiger partial charge is 0.444 e. The van der Waals surface area contributed by atoms with Crippen LogP contribution < -0.4 is 0 Å². The summed E-state index contributed by atoms with van der Waals surface area (Å²) < 4.78 is 32.9. The second-order valence-corrected chi connectivity index (χ2v) is 7.63. The first-order chi connectivity index (χ1) is 12.9. The Kier molecular flexibility index (Phi) is 6.38. The zero-order chi connectivity index (χ0) is 21.1. The van der Waals surface area contributed by atoms with E-state index in [2.05, 4.69) is 0 Å². The average Bonchev–Trinajstić information content (AvgIpc) is 2.92. The number of ether oxygens (including phenoxy) is 1. The smallest absolute Gasteiger partial charge is 0.410 e. The lowest BCUT2D eigenvalue weighted by Crippen LogP contribution is -2.43. The molecule has 1 aromatic rings. The highest BCUT2D eigenvalue weighted by molar-refractivity contribution is 6.00. The fourth-order valence-corrected chi connectivity index (χ4v) is 2.80. The van der Waals surface area contributed by atoms with Crippen LogP contribution in [0.5, 0.6) is 0 Å². The number of carbonyl (C=O) groups excluding carboxylic acids is 3. The molecule has 1 atom stereocenters. The van der Waals surface area contributed by atoms with Crippen molar-refractivity contribution in [3.05, 3.63) is 35.4 Å². The van der Waals surface area contributed by atoms with Gasteiger partial charge in [-0.25, -0.2) is 18.6 Å². The number of hydrogen-bond acceptors (Lipinski definition) is 5. The second kappa shape index (κ2) is 8.22. The number of hydroxylamine groups is 2. The van der Waals surface area contributed by atoms with Crippen LogP contribution in [0.2, 0.25) is 0 Å². The summed E-state index contributed by atoms with van der Waals surface area (Å²) in [5.74, 6) is -3.67. The highest BCUT2D eigenvalue weighted by Gasteiger charge is 2.48. The normalized spacial score (nSPS) is 18.6. The third-order valence-corrected chi connectivity index (χ3v) is 4.07. The molecular weight excluding hydrogens is 374 g/mol. The number of rotatable bonds is 5. The van der Waals surface area contributed by atoms with Gasteiger partial charge < -0.3 is 4.74 Å². The Labute approximate surface area is 162 Å². The molecule has 0 radical (unpaired) electrons. The number of carbonyl (C=O) groups is 3. The zero-order valence-corrected chi connectivity index (χ0v) is 16.3. The van der Waals surface area contributed by atoms with Crippen LogP contribution in [0, 0.1) is 0 Å². The number of amides is 2. The van der Waals surface area contributed by atoms with Gasteiger partial charge in [-0.2, -0.15) is 0 Å². The van der Waals surface area contributed by atoms with Crippen molar-refractivity contribution in [3.8, 4) is 0 Å². The van der Waals surface area contributed by atoms with Crippen LogP contribution in [0.25, 0.3) is 0 Å². The monoisotopic (exact) mass is 398 g/mol. The lowest BCUT2D eigenvalue weighted by molar-refractivity contribution is -0.119. The number of benzene rings is 1. The Hall–Kier alpha value is -2.55. The quantitative estimate of drug-likeness (QED) is 0.563. The standard InChI is InChI=1S/C19H24F2N2O5/c1-18(2,3)28-17(26)23-12-19(20,21)9-14(23)11-27-22(4)16(25)15-8-6-5-7-13(15)10-24/h5-8,10,14H,9,11-12H2,1-4H3. The molecule has 2 rings (SSSR count). The van der Waals surface area contributed by atoms with E-state index in [1.165, 1.54) is 19.2 Å². The summed E-state index contributed by atoms with van der Waals surface area (Å²) in [5.41, 5.74) is -0.516. The van der Waals surface area contributed by atoms with Gasteiger partial charge in [0.05, 0.1) is 24.8 Å². The summed E-state index contributed by atoms with van der Waals surface area (Å²) in [7, 11) is 1.31. The van der Waals surface area contributed by atoms with Crippen molar-refractivity contribution in [2.75, 3.05) is 20.2 Å². The van der Waals surface area contributed by atoms with Gasteiger partial charge in [0.1, 0.15) is 5.60 Å². The van der Waals surface area contributed by atoms with E-state index in [4.69, 9.17) is 9.57 Å². The van der Waals surface area contributed by atoms with Crippen molar-refractivity contribution in [2.45, 2.75) is 44.8 Å². The summed E-state index contributed by atoms with van der Waals surface area (Å²) in [4.78, 5) is 42.0. The van der Waals surface area contributed by atoms with Crippen molar-refractivity contribution >= 4 is 18.3 Å². The minimum absolute atomic E-state index is 0.126. The van der Waals surface area contributed by atoms with Crippen LogP contribution in [-0.4, -0.2) is 66.0 Å². The number of halogens is 2. The minimum Gasteiger partial charge on any atom is -0.444 e.